The zero-order chi connectivity index (χ0) is 18.4. The molecule has 136 valence electrons. The Balaban J connectivity index is 1.81. The van der Waals surface area contributed by atoms with Crippen molar-refractivity contribution in [1.29, 1.82) is 0 Å². The highest BCUT2D eigenvalue weighted by atomic mass is 32.2. The number of rotatable bonds is 3. The lowest BCUT2D eigenvalue weighted by molar-refractivity contribution is 0.378. The number of sulfonamides is 1. The standard InChI is InChI=1S/C18H25N3O3S/c1-12-10-13(2)17(14(3)11-12)20-6-8-21(9-7-20)25(22,23)18-15(4)19-24-16(18)5/h10-11H,6-9H2,1-5H3. The van der Waals surface area contributed by atoms with Gasteiger partial charge in [-0.1, -0.05) is 22.9 Å². The van der Waals surface area contributed by atoms with Gasteiger partial charge in [0, 0.05) is 31.9 Å². The molecular weight excluding hydrogens is 338 g/mol. The van der Waals surface area contributed by atoms with E-state index in [1.807, 2.05) is 0 Å². The van der Waals surface area contributed by atoms with Crippen molar-refractivity contribution in [2.24, 2.45) is 0 Å². The van der Waals surface area contributed by atoms with E-state index >= 15 is 0 Å². The van der Waals surface area contributed by atoms with Gasteiger partial charge in [0.05, 0.1) is 0 Å². The van der Waals surface area contributed by atoms with Crippen LogP contribution in [0.5, 0.6) is 0 Å². The minimum absolute atomic E-state index is 0.212. The highest BCUT2D eigenvalue weighted by Gasteiger charge is 2.33. The van der Waals surface area contributed by atoms with Crippen LogP contribution in [0.15, 0.2) is 21.6 Å². The summed E-state index contributed by atoms with van der Waals surface area (Å²) in [6.45, 7) is 11.9. The molecule has 0 amide bonds. The number of aromatic nitrogens is 1. The lowest BCUT2D eigenvalue weighted by Gasteiger charge is -2.37. The summed E-state index contributed by atoms with van der Waals surface area (Å²) in [4.78, 5) is 2.49. The molecule has 0 atom stereocenters. The molecule has 0 spiro atoms. The first-order valence-electron chi connectivity index (χ1n) is 8.47. The van der Waals surface area contributed by atoms with Gasteiger partial charge < -0.3 is 9.42 Å². The fourth-order valence-corrected chi connectivity index (χ4v) is 5.51. The number of piperazine rings is 1. The molecule has 0 aliphatic carbocycles. The van der Waals surface area contributed by atoms with Crippen molar-refractivity contribution < 1.29 is 12.9 Å². The second kappa shape index (κ2) is 6.46. The molecule has 0 bridgehead atoms. The Morgan fingerprint density at radius 1 is 0.960 bits per heavy atom. The zero-order valence-corrected chi connectivity index (χ0v) is 16.3. The Bertz CT molecular complexity index is 852. The van der Waals surface area contributed by atoms with Crippen LogP contribution in [0.25, 0.3) is 0 Å². The van der Waals surface area contributed by atoms with Crippen molar-refractivity contribution in [3.05, 3.63) is 40.3 Å². The molecule has 0 N–H and O–H groups in total. The van der Waals surface area contributed by atoms with Crippen LogP contribution < -0.4 is 4.90 Å². The summed E-state index contributed by atoms with van der Waals surface area (Å²) in [7, 11) is -3.56. The lowest BCUT2D eigenvalue weighted by Crippen LogP contribution is -2.49. The molecule has 2 aromatic rings. The van der Waals surface area contributed by atoms with E-state index in [0.717, 1.165) is 0 Å². The van der Waals surface area contributed by atoms with E-state index in [1.165, 1.54) is 26.7 Å². The molecule has 0 unspecified atom stereocenters. The number of hydrogen-bond acceptors (Lipinski definition) is 5. The normalized spacial score (nSPS) is 16.4. The molecule has 1 aromatic carbocycles. The van der Waals surface area contributed by atoms with Gasteiger partial charge in [-0.2, -0.15) is 4.31 Å². The number of hydrogen-bond donors (Lipinski definition) is 0. The van der Waals surface area contributed by atoms with Crippen LogP contribution >= 0.6 is 0 Å². The third-order valence-corrected chi connectivity index (χ3v) is 6.90. The molecule has 1 saturated heterocycles. The van der Waals surface area contributed by atoms with Crippen LogP contribution in [0.2, 0.25) is 0 Å². The maximum Gasteiger partial charge on any atom is 0.248 e. The van der Waals surface area contributed by atoms with Crippen molar-refractivity contribution in [2.45, 2.75) is 39.5 Å². The van der Waals surface area contributed by atoms with Gasteiger partial charge in [0.15, 0.2) is 5.76 Å². The minimum atomic E-state index is -3.56. The van der Waals surface area contributed by atoms with Crippen molar-refractivity contribution in [1.82, 2.24) is 9.46 Å². The van der Waals surface area contributed by atoms with E-state index in [0.29, 0.717) is 37.6 Å². The third kappa shape index (κ3) is 3.18. The summed E-state index contributed by atoms with van der Waals surface area (Å²) in [5.74, 6) is 0.352. The van der Waals surface area contributed by atoms with Crippen LogP contribution in [-0.2, 0) is 10.0 Å². The third-order valence-electron chi connectivity index (χ3n) is 4.76. The highest BCUT2D eigenvalue weighted by Crippen LogP contribution is 2.29. The van der Waals surface area contributed by atoms with Gasteiger partial charge in [-0.15, -0.1) is 0 Å². The first-order chi connectivity index (χ1) is 11.7. The van der Waals surface area contributed by atoms with Crippen LogP contribution in [0.1, 0.15) is 28.1 Å². The molecule has 1 fully saturated rings. The Labute approximate surface area is 149 Å². The number of benzene rings is 1. The molecule has 0 radical (unpaired) electrons. The molecule has 0 saturated carbocycles. The van der Waals surface area contributed by atoms with Crippen molar-refractivity contribution >= 4 is 15.7 Å². The van der Waals surface area contributed by atoms with Crippen molar-refractivity contribution in [3.63, 3.8) is 0 Å². The Kier molecular flexibility index (Phi) is 4.64. The van der Waals surface area contributed by atoms with E-state index in [9.17, 15) is 8.42 Å². The van der Waals surface area contributed by atoms with E-state index in [1.54, 1.807) is 13.8 Å². The smallest absolute Gasteiger partial charge is 0.248 e. The second-order valence-electron chi connectivity index (χ2n) is 6.79. The maximum absolute atomic E-state index is 12.9. The SMILES string of the molecule is Cc1cc(C)c(N2CCN(S(=O)(=O)c3c(C)noc3C)CC2)c(C)c1. The molecular formula is C18H25N3O3S. The largest absolute Gasteiger partial charge is 0.368 e. The van der Waals surface area contributed by atoms with Crippen LogP contribution in [-0.4, -0.2) is 44.1 Å². The van der Waals surface area contributed by atoms with Gasteiger partial charge in [0.1, 0.15) is 10.6 Å². The highest BCUT2D eigenvalue weighted by molar-refractivity contribution is 7.89. The van der Waals surface area contributed by atoms with Crippen molar-refractivity contribution in [2.75, 3.05) is 31.1 Å². The molecule has 7 heteroatoms. The van der Waals surface area contributed by atoms with Gasteiger partial charge >= 0.3 is 0 Å². The average Bonchev–Trinajstić information content (AvgIpc) is 2.86. The van der Waals surface area contributed by atoms with E-state index in [4.69, 9.17) is 4.52 Å². The van der Waals surface area contributed by atoms with Gasteiger partial charge in [0.2, 0.25) is 10.0 Å². The molecule has 1 aliphatic rings. The van der Waals surface area contributed by atoms with E-state index < -0.39 is 10.0 Å². The van der Waals surface area contributed by atoms with Gasteiger partial charge in [-0.25, -0.2) is 8.42 Å². The number of aryl methyl sites for hydroxylation is 5. The Morgan fingerprint density at radius 3 is 2.00 bits per heavy atom. The molecule has 1 aromatic heterocycles. The van der Waals surface area contributed by atoms with Crippen LogP contribution in [0.4, 0.5) is 5.69 Å². The van der Waals surface area contributed by atoms with Crippen molar-refractivity contribution in [3.8, 4) is 0 Å². The lowest BCUT2D eigenvalue weighted by atomic mass is 10.0. The monoisotopic (exact) mass is 363 g/mol. The fourth-order valence-electron chi connectivity index (χ4n) is 3.80. The van der Waals surface area contributed by atoms with Crippen LogP contribution in [0.3, 0.4) is 0 Å². The van der Waals surface area contributed by atoms with Gasteiger partial charge in [-0.3, -0.25) is 0 Å². The first kappa shape index (κ1) is 17.9. The summed E-state index contributed by atoms with van der Waals surface area (Å²) in [6, 6.07) is 4.35. The van der Waals surface area contributed by atoms with E-state index in [-0.39, 0.29) is 4.90 Å². The van der Waals surface area contributed by atoms with Gasteiger partial charge in [-0.05, 0) is 45.7 Å². The maximum atomic E-state index is 12.9. The summed E-state index contributed by atoms with van der Waals surface area (Å²) >= 11 is 0. The Morgan fingerprint density at radius 2 is 1.52 bits per heavy atom. The summed E-state index contributed by atoms with van der Waals surface area (Å²) in [5.41, 5.74) is 5.36. The molecule has 2 heterocycles. The molecule has 6 nitrogen and oxygen atoms in total. The molecule has 1 aliphatic heterocycles. The van der Waals surface area contributed by atoms with Crippen LogP contribution in [0, 0.1) is 34.6 Å². The predicted octanol–water partition coefficient (Wildman–Crippen LogP) is 2.73. The fraction of sp³-hybridized carbons (Fsp3) is 0.500. The first-order valence-corrected chi connectivity index (χ1v) is 9.91. The quantitative estimate of drug-likeness (QED) is 0.839. The average molecular weight is 363 g/mol. The molecule has 25 heavy (non-hydrogen) atoms. The summed E-state index contributed by atoms with van der Waals surface area (Å²) in [5, 5.41) is 3.78. The number of nitrogens with zero attached hydrogens (tertiary/aromatic N) is 3. The van der Waals surface area contributed by atoms with E-state index in [2.05, 4.69) is 43.0 Å². The minimum Gasteiger partial charge on any atom is -0.368 e. The second-order valence-corrected chi connectivity index (χ2v) is 8.67. The van der Waals surface area contributed by atoms with Gasteiger partial charge in [0.25, 0.3) is 0 Å². The zero-order valence-electron chi connectivity index (χ0n) is 15.5. The number of anilines is 1. The summed E-state index contributed by atoms with van der Waals surface area (Å²) < 4.78 is 32.4. The summed E-state index contributed by atoms with van der Waals surface area (Å²) in [6.07, 6.45) is 0. The molecule has 3 rings (SSSR count). The predicted molar refractivity (Wildman–Crippen MR) is 97.6 cm³/mol. The Hall–Kier alpha value is -1.86. The topological polar surface area (TPSA) is 66.7 Å².